The van der Waals surface area contributed by atoms with E-state index in [0.717, 1.165) is 0 Å². The molecule has 1 amide bonds. The molecule has 7 nitrogen and oxygen atoms in total. The Morgan fingerprint density at radius 3 is 2.74 bits per heavy atom. The average Bonchev–Trinajstić information content (AvgIpc) is 2.80. The molecule has 0 spiro atoms. The van der Waals surface area contributed by atoms with Crippen LogP contribution in [0.1, 0.15) is 21.9 Å². The summed E-state index contributed by atoms with van der Waals surface area (Å²) >= 11 is 0. The third-order valence-corrected chi connectivity index (χ3v) is 2.56. The lowest BCUT2D eigenvalue weighted by atomic mass is 10.2. The maximum Gasteiger partial charge on any atom is 0.271 e. The molecule has 2 aromatic rings. The van der Waals surface area contributed by atoms with Gasteiger partial charge in [0, 0.05) is 0 Å². The number of aliphatic hydroxyl groups is 1. The zero-order chi connectivity index (χ0) is 14.2. The van der Waals surface area contributed by atoms with Crippen LogP contribution < -0.4 is 5.73 Å². The van der Waals surface area contributed by atoms with Crippen LogP contribution >= 0.6 is 0 Å². The summed E-state index contributed by atoms with van der Waals surface area (Å²) in [5.41, 5.74) is 6.08. The third-order valence-electron chi connectivity index (χ3n) is 2.56. The SMILES string of the molecule is C=C(O)c1cc(C(=C)OC)n2cnc(C(N)=O)c2n1. The number of fused-ring (bicyclic) bond motifs is 1. The summed E-state index contributed by atoms with van der Waals surface area (Å²) < 4.78 is 6.55. The number of ether oxygens (including phenoxy) is 1. The minimum atomic E-state index is -0.718. The van der Waals surface area contributed by atoms with Crippen LogP contribution in [0, 0.1) is 0 Å². The van der Waals surface area contributed by atoms with Crippen LogP contribution in [-0.2, 0) is 4.74 Å². The molecule has 0 aliphatic heterocycles. The highest BCUT2D eigenvalue weighted by Gasteiger charge is 2.17. The van der Waals surface area contributed by atoms with Crippen molar-refractivity contribution in [1.82, 2.24) is 14.4 Å². The number of imidazole rings is 1. The number of rotatable bonds is 4. The fourth-order valence-electron chi connectivity index (χ4n) is 1.61. The summed E-state index contributed by atoms with van der Waals surface area (Å²) in [4.78, 5) is 19.3. The van der Waals surface area contributed by atoms with Gasteiger partial charge in [-0.2, -0.15) is 0 Å². The van der Waals surface area contributed by atoms with Crippen molar-refractivity contribution >= 4 is 23.1 Å². The lowest BCUT2D eigenvalue weighted by molar-refractivity contribution is 0.0997. The van der Waals surface area contributed by atoms with Crippen molar-refractivity contribution in [2.75, 3.05) is 7.11 Å². The molecule has 0 fully saturated rings. The van der Waals surface area contributed by atoms with Crippen molar-refractivity contribution in [1.29, 1.82) is 0 Å². The smallest absolute Gasteiger partial charge is 0.271 e. The second-order valence-corrected chi connectivity index (χ2v) is 3.75. The lowest BCUT2D eigenvalue weighted by Crippen LogP contribution is -2.13. The fraction of sp³-hybridized carbons (Fsp3) is 0.0833. The highest BCUT2D eigenvalue weighted by Crippen LogP contribution is 2.20. The van der Waals surface area contributed by atoms with E-state index in [2.05, 4.69) is 23.1 Å². The van der Waals surface area contributed by atoms with Gasteiger partial charge in [0.25, 0.3) is 5.91 Å². The molecular formula is C12H12N4O3. The number of nitrogens with two attached hydrogens (primary N) is 1. The van der Waals surface area contributed by atoms with Crippen LogP contribution in [0.5, 0.6) is 0 Å². The molecule has 2 heterocycles. The quantitative estimate of drug-likeness (QED) is 0.797. The van der Waals surface area contributed by atoms with Gasteiger partial charge in [-0.05, 0) is 6.07 Å². The fourth-order valence-corrected chi connectivity index (χ4v) is 1.61. The van der Waals surface area contributed by atoms with E-state index in [4.69, 9.17) is 10.5 Å². The van der Waals surface area contributed by atoms with Crippen LogP contribution in [0.2, 0.25) is 0 Å². The van der Waals surface area contributed by atoms with E-state index in [-0.39, 0.29) is 22.8 Å². The predicted octanol–water partition coefficient (Wildman–Crippen LogP) is 0.974. The maximum absolute atomic E-state index is 11.3. The average molecular weight is 260 g/mol. The summed E-state index contributed by atoms with van der Waals surface area (Å²) in [5.74, 6) is -0.641. The first-order valence-electron chi connectivity index (χ1n) is 5.25. The van der Waals surface area contributed by atoms with Crippen molar-refractivity contribution in [3.8, 4) is 0 Å². The van der Waals surface area contributed by atoms with Gasteiger partial charge in [-0.25, -0.2) is 9.97 Å². The Balaban J connectivity index is 2.83. The van der Waals surface area contributed by atoms with Crippen LogP contribution in [-0.4, -0.2) is 32.5 Å². The standard InChI is InChI=1S/C12H12N4O3/c1-6(17)8-4-9(7(2)19-3)16-5-14-10(11(13)18)12(16)15-8/h4-5,17H,1-2H2,3H3,(H2,13,18). The van der Waals surface area contributed by atoms with Gasteiger partial charge in [0.05, 0.1) is 12.8 Å². The zero-order valence-electron chi connectivity index (χ0n) is 10.3. The summed E-state index contributed by atoms with van der Waals surface area (Å²) in [6, 6.07) is 1.52. The molecule has 19 heavy (non-hydrogen) atoms. The number of amides is 1. The molecule has 0 aromatic carbocycles. The van der Waals surface area contributed by atoms with Crippen molar-refractivity contribution in [2.45, 2.75) is 0 Å². The van der Waals surface area contributed by atoms with E-state index in [9.17, 15) is 9.90 Å². The van der Waals surface area contributed by atoms with Gasteiger partial charge < -0.3 is 15.6 Å². The molecule has 0 aliphatic carbocycles. The van der Waals surface area contributed by atoms with Crippen LogP contribution in [0.25, 0.3) is 17.2 Å². The molecule has 2 aromatic heterocycles. The third kappa shape index (κ3) is 2.01. The second kappa shape index (κ2) is 4.45. The summed E-state index contributed by atoms with van der Waals surface area (Å²) in [5, 5.41) is 9.46. The number of hydrogen-bond acceptors (Lipinski definition) is 5. The van der Waals surface area contributed by atoms with Gasteiger partial charge >= 0.3 is 0 Å². The molecule has 0 bridgehead atoms. The number of carbonyl (C=O) groups is 1. The Labute approximate surface area is 108 Å². The first-order chi connectivity index (χ1) is 8.95. The van der Waals surface area contributed by atoms with E-state index >= 15 is 0 Å². The molecule has 0 radical (unpaired) electrons. The topological polar surface area (TPSA) is 103 Å². The maximum atomic E-state index is 11.3. The molecule has 0 saturated heterocycles. The summed E-state index contributed by atoms with van der Waals surface area (Å²) in [6.45, 7) is 7.12. The predicted molar refractivity (Wildman–Crippen MR) is 69.2 cm³/mol. The first-order valence-corrected chi connectivity index (χ1v) is 5.25. The monoisotopic (exact) mass is 260 g/mol. The molecule has 7 heteroatoms. The molecular weight excluding hydrogens is 248 g/mol. The largest absolute Gasteiger partial charge is 0.506 e. The van der Waals surface area contributed by atoms with Crippen LogP contribution in [0.4, 0.5) is 0 Å². The van der Waals surface area contributed by atoms with Gasteiger partial charge in [-0.1, -0.05) is 13.2 Å². The minimum Gasteiger partial charge on any atom is -0.506 e. The number of aromatic nitrogens is 3. The normalized spacial score (nSPS) is 10.4. The van der Waals surface area contributed by atoms with E-state index in [1.54, 1.807) is 0 Å². The number of hydrogen-bond donors (Lipinski definition) is 2. The Morgan fingerprint density at radius 2 is 2.21 bits per heavy atom. The number of primary amides is 1. The summed E-state index contributed by atoms with van der Waals surface area (Å²) in [6.07, 6.45) is 1.38. The van der Waals surface area contributed by atoms with Crippen molar-refractivity contribution in [3.63, 3.8) is 0 Å². The first kappa shape index (κ1) is 12.6. The number of carbonyl (C=O) groups excluding carboxylic acids is 1. The minimum absolute atomic E-state index is 0.00625. The van der Waals surface area contributed by atoms with Crippen molar-refractivity contribution < 1.29 is 14.6 Å². The molecule has 3 N–H and O–H groups in total. The van der Waals surface area contributed by atoms with Gasteiger partial charge in [0.15, 0.2) is 11.3 Å². The van der Waals surface area contributed by atoms with E-state index in [1.165, 1.54) is 23.9 Å². The Hall–Kier alpha value is -2.83. The van der Waals surface area contributed by atoms with E-state index < -0.39 is 5.91 Å². The van der Waals surface area contributed by atoms with Crippen molar-refractivity contribution in [3.05, 3.63) is 42.6 Å². The lowest BCUT2D eigenvalue weighted by Gasteiger charge is -2.09. The molecule has 0 saturated carbocycles. The van der Waals surface area contributed by atoms with Gasteiger partial charge in [-0.3, -0.25) is 9.20 Å². The molecule has 0 unspecified atom stereocenters. The summed E-state index contributed by atoms with van der Waals surface area (Å²) in [7, 11) is 1.45. The highest BCUT2D eigenvalue weighted by molar-refractivity contribution is 5.97. The Kier molecular flexibility index (Phi) is 2.95. The van der Waals surface area contributed by atoms with Crippen LogP contribution in [0.15, 0.2) is 25.6 Å². The van der Waals surface area contributed by atoms with Crippen LogP contribution in [0.3, 0.4) is 0 Å². The Morgan fingerprint density at radius 1 is 1.53 bits per heavy atom. The van der Waals surface area contributed by atoms with Crippen molar-refractivity contribution in [2.24, 2.45) is 5.73 Å². The van der Waals surface area contributed by atoms with Gasteiger partial charge in [-0.15, -0.1) is 0 Å². The second-order valence-electron chi connectivity index (χ2n) is 3.75. The van der Waals surface area contributed by atoms with E-state index in [1.807, 2.05) is 0 Å². The highest BCUT2D eigenvalue weighted by atomic mass is 16.5. The van der Waals surface area contributed by atoms with Gasteiger partial charge in [0.2, 0.25) is 0 Å². The molecule has 0 aliphatic rings. The molecule has 2 rings (SSSR count). The van der Waals surface area contributed by atoms with E-state index in [0.29, 0.717) is 11.5 Å². The number of aliphatic hydroxyl groups excluding tert-OH is 1. The number of nitrogens with zero attached hydrogens (tertiary/aromatic N) is 3. The molecule has 98 valence electrons. The number of methoxy groups -OCH3 is 1. The Bertz CT molecular complexity index is 702. The zero-order valence-corrected chi connectivity index (χ0v) is 10.3. The van der Waals surface area contributed by atoms with Gasteiger partial charge in [0.1, 0.15) is 23.5 Å². The molecule has 0 atom stereocenters.